The van der Waals surface area contributed by atoms with Gasteiger partial charge in [-0.3, -0.25) is 0 Å². The highest BCUT2D eigenvalue weighted by Crippen LogP contribution is 2.39. The molecule has 1 aliphatic carbocycles. The highest BCUT2D eigenvalue weighted by molar-refractivity contribution is 9.10. The second kappa shape index (κ2) is 5.34. The minimum absolute atomic E-state index is 1.07. The van der Waals surface area contributed by atoms with Crippen LogP contribution in [-0.2, 0) is 12.8 Å². The summed E-state index contributed by atoms with van der Waals surface area (Å²) in [5.41, 5.74) is 7.07. The van der Waals surface area contributed by atoms with E-state index in [1.54, 1.807) is 0 Å². The maximum atomic E-state index is 3.78. The number of rotatable bonds is 3. The van der Waals surface area contributed by atoms with Crippen LogP contribution in [0.25, 0.3) is 17.2 Å². The van der Waals surface area contributed by atoms with E-state index in [0.29, 0.717) is 0 Å². The molecule has 0 unspecified atom stereocenters. The minimum Gasteiger partial charge on any atom is -0.0795 e. The lowest BCUT2D eigenvalue weighted by molar-refractivity contribution is 0.918. The summed E-state index contributed by atoms with van der Waals surface area (Å²) >= 11 is 3.78. The van der Waals surface area contributed by atoms with Gasteiger partial charge >= 0.3 is 0 Å². The van der Waals surface area contributed by atoms with E-state index < -0.39 is 0 Å². The Morgan fingerprint density at radius 3 is 2.68 bits per heavy atom. The molecule has 2 aromatic carbocycles. The van der Waals surface area contributed by atoms with E-state index in [0.717, 1.165) is 12.8 Å². The topological polar surface area (TPSA) is 0 Å². The number of hydrogen-bond acceptors (Lipinski definition) is 0. The van der Waals surface area contributed by atoms with Crippen LogP contribution in [0.2, 0.25) is 0 Å². The second-order valence-corrected chi connectivity index (χ2v) is 5.86. The van der Waals surface area contributed by atoms with Gasteiger partial charge in [-0.1, -0.05) is 71.8 Å². The lowest BCUT2D eigenvalue weighted by Gasteiger charge is -2.16. The minimum atomic E-state index is 1.07. The molecule has 0 atom stereocenters. The smallest absolute Gasteiger partial charge is 0.0259 e. The van der Waals surface area contributed by atoms with Crippen molar-refractivity contribution in [3.05, 3.63) is 63.6 Å². The van der Waals surface area contributed by atoms with Crippen molar-refractivity contribution in [2.24, 2.45) is 0 Å². The molecule has 3 rings (SSSR count). The van der Waals surface area contributed by atoms with Crippen molar-refractivity contribution in [3.8, 4) is 11.1 Å². The van der Waals surface area contributed by atoms with Crippen molar-refractivity contribution in [2.75, 3.05) is 0 Å². The lowest BCUT2D eigenvalue weighted by atomic mass is 9.90. The molecule has 96 valence electrons. The summed E-state index contributed by atoms with van der Waals surface area (Å²) in [5.74, 6) is 0. The van der Waals surface area contributed by atoms with E-state index in [-0.39, 0.29) is 0 Å². The van der Waals surface area contributed by atoms with E-state index >= 15 is 0 Å². The van der Waals surface area contributed by atoms with Gasteiger partial charge < -0.3 is 0 Å². The van der Waals surface area contributed by atoms with E-state index in [2.05, 4.69) is 71.4 Å². The molecule has 2 aromatic rings. The average Bonchev–Trinajstić information content (AvgIpc) is 2.88. The summed E-state index contributed by atoms with van der Waals surface area (Å²) in [6.45, 7) is 2.25. The Labute approximate surface area is 123 Å². The van der Waals surface area contributed by atoms with Crippen LogP contribution in [0.3, 0.4) is 0 Å². The highest BCUT2D eigenvalue weighted by Gasteiger charge is 2.17. The van der Waals surface area contributed by atoms with E-state index in [9.17, 15) is 0 Å². The van der Waals surface area contributed by atoms with Gasteiger partial charge in [-0.05, 0) is 46.7 Å². The van der Waals surface area contributed by atoms with Gasteiger partial charge in [0.05, 0.1) is 0 Å². The Morgan fingerprint density at radius 1 is 1.16 bits per heavy atom. The van der Waals surface area contributed by atoms with Gasteiger partial charge in [0.1, 0.15) is 0 Å². The van der Waals surface area contributed by atoms with Crippen LogP contribution < -0.4 is 0 Å². The third kappa shape index (κ3) is 2.28. The molecular weight excluding hydrogens is 296 g/mol. The summed E-state index contributed by atoms with van der Waals surface area (Å²) in [7, 11) is 0. The maximum absolute atomic E-state index is 3.78. The average molecular weight is 313 g/mol. The van der Waals surface area contributed by atoms with Crippen LogP contribution in [0.4, 0.5) is 0 Å². The molecule has 0 aliphatic heterocycles. The first-order valence-electron chi connectivity index (χ1n) is 6.87. The van der Waals surface area contributed by atoms with Gasteiger partial charge in [0, 0.05) is 4.47 Å². The molecule has 0 nitrogen and oxygen atoms in total. The molecule has 0 radical (unpaired) electrons. The quantitative estimate of drug-likeness (QED) is 0.688. The number of benzene rings is 2. The highest BCUT2D eigenvalue weighted by atomic mass is 79.9. The maximum Gasteiger partial charge on any atom is 0.0259 e. The lowest BCUT2D eigenvalue weighted by Crippen LogP contribution is -1.97. The summed E-state index contributed by atoms with van der Waals surface area (Å²) < 4.78 is 1.23. The van der Waals surface area contributed by atoms with Crippen LogP contribution in [0.15, 0.2) is 46.9 Å². The van der Waals surface area contributed by atoms with Crippen molar-refractivity contribution < 1.29 is 0 Å². The van der Waals surface area contributed by atoms with E-state index in [4.69, 9.17) is 0 Å². The fourth-order valence-electron chi connectivity index (χ4n) is 2.88. The zero-order valence-electron chi connectivity index (χ0n) is 11.1. The van der Waals surface area contributed by atoms with Gasteiger partial charge in [0.25, 0.3) is 0 Å². The van der Waals surface area contributed by atoms with Crippen LogP contribution in [-0.4, -0.2) is 0 Å². The third-order valence-corrected chi connectivity index (χ3v) is 4.32. The molecule has 0 aromatic heterocycles. The van der Waals surface area contributed by atoms with Gasteiger partial charge in [-0.2, -0.15) is 0 Å². The molecule has 0 N–H and O–H groups in total. The summed E-state index contributed by atoms with van der Waals surface area (Å²) in [6, 6.07) is 13.0. The van der Waals surface area contributed by atoms with Crippen LogP contribution in [0.1, 0.15) is 30.0 Å². The Kier molecular flexibility index (Phi) is 3.56. The summed E-state index contributed by atoms with van der Waals surface area (Å²) in [5, 5.41) is 0. The Hall–Kier alpha value is -1.34. The molecule has 1 aliphatic rings. The predicted molar refractivity (Wildman–Crippen MR) is 86.3 cm³/mol. The molecular formula is C18H17Br. The predicted octanol–water partition coefficient (Wildman–Crippen LogP) is 5.64. The molecule has 0 amide bonds. The summed E-state index contributed by atoms with van der Waals surface area (Å²) in [6.07, 6.45) is 7.94. The van der Waals surface area contributed by atoms with Gasteiger partial charge in [0.2, 0.25) is 0 Å². The van der Waals surface area contributed by atoms with Crippen LogP contribution in [0, 0.1) is 0 Å². The molecule has 0 bridgehead atoms. The third-order valence-electron chi connectivity index (χ3n) is 3.70. The largest absolute Gasteiger partial charge is 0.0795 e. The monoisotopic (exact) mass is 312 g/mol. The fourth-order valence-corrected chi connectivity index (χ4v) is 3.63. The Morgan fingerprint density at radius 2 is 1.95 bits per heavy atom. The zero-order chi connectivity index (χ0) is 13.2. The molecule has 0 fully saturated rings. The van der Waals surface area contributed by atoms with Gasteiger partial charge in [-0.25, -0.2) is 0 Å². The Balaban J connectivity index is 2.26. The molecule has 0 saturated heterocycles. The number of allylic oxidation sites excluding steroid dienone is 1. The zero-order valence-corrected chi connectivity index (χ0v) is 12.7. The standard InChI is InChI=1S/C18H17Br/c1-2-7-16-15-11-6-10-14(15)12-17(19)18(16)13-8-4-3-5-9-13/h3-6,8-9,11-12H,2,7,10H2,1H3. The number of fused-ring (bicyclic) bond motifs is 1. The normalized spacial score (nSPS) is 12.7. The second-order valence-electron chi connectivity index (χ2n) is 5.01. The molecule has 0 saturated carbocycles. The first kappa shape index (κ1) is 12.7. The Bertz CT molecular complexity index is 624. The SMILES string of the molecule is CCCc1c2c(cc(Br)c1-c1ccccc1)CC=C2. The van der Waals surface area contributed by atoms with Gasteiger partial charge in [-0.15, -0.1) is 0 Å². The van der Waals surface area contributed by atoms with Crippen molar-refractivity contribution in [2.45, 2.75) is 26.2 Å². The van der Waals surface area contributed by atoms with E-state index in [1.807, 2.05) is 0 Å². The molecule has 1 heteroatoms. The number of halogens is 1. The molecule has 0 heterocycles. The van der Waals surface area contributed by atoms with Crippen molar-refractivity contribution in [3.63, 3.8) is 0 Å². The first-order chi connectivity index (χ1) is 9.31. The van der Waals surface area contributed by atoms with Crippen molar-refractivity contribution in [1.29, 1.82) is 0 Å². The fraction of sp³-hybridized carbons (Fsp3) is 0.222. The first-order valence-corrected chi connectivity index (χ1v) is 7.66. The van der Waals surface area contributed by atoms with E-state index in [1.165, 1.54) is 38.7 Å². The number of hydrogen-bond donors (Lipinski definition) is 0. The van der Waals surface area contributed by atoms with Crippen molar-refractivity contribution >= 4 is 22.0 Å². The van der Waals surface area contributed by atoms with Gasteiger partial charge in [0.15, 0.2) is 0 Å². The molecule has 0 spiro atoms. The van der Waals surface area contributed by atoms with Crippen molar-refractivity contribution in [1.82, 2.24) is 0 Å². The van der Waals surface area contributed by atoms with Crippen LogP contribution >= 0.6 is 15.9 Å². The summed E-state index contributed by atoms with van der Waals surface area (Å²) in [4.78, 5) is 0. The molecule has 19 heavy (non-hydrogen) atoms. The van der Waals surface area contributed by atoms with Crippen LogP contribution in [0.5, 0.6) is 0 Å².